The molecular formula is C24H27N3O2S. The molecule has 0 aliphatic heterocycles. The van der Waals surface area contributed by atoms with Gasteiger partial charge >= 0.3 is 0 Å². The van der Waals surface area contributed by atoms with Crippen LogP contribution in [0.15, 0.2) is 66.0 Å². The number of anilines is 1. The fraction of sp³-hybridized carbons (Fsp3) is 0.250. The van der Waals surface area contributed by atoms with Crippen LogP contribution in [0.1, 0.15) is 59.1 Å². The Morgan fingerprint density at radius 1 is 0.900 bits per heavy atom. The second-order valence-electron chi connectivity index (χ2n) is 7.59. The second kappa shape index (κ2) is 9.69. The third-order valence-electron chi connectivity index (χ3n) is 5.01. The highest BCUT2D eigenvalue weighted by Crippen LogP contribution is 2.28. The average molecular weight is 422 g/mol. The predicted octanol–water partition coefficient (Wildman–Crippen LogP) is 4.68. The summed E-state index contributed by atoms with van der Waals surface area (Å²) >= 11 is 1.66. The van der Waals surface area contributed by atoms with Crippen LogP contribution in [0.5, 0.6) is 0 Å². The molecule has 0 aliphatic carbocycles. The number of carbonyl (C=O) groups excluding carboxylic acids is 2. The van der Waals surface area contributed by atoms with Gasteiger partial charge in [-0.1, -0.05) is 44.2 Å². The second-order valence-corrected chi connectivity index (χ2v) is 8.57. The first-order chi connectivity index (χ1) is 14.3. The first-order valence-corrected chi connectivity index (χ1v) is 10.8. The normalized spacial score (nSPS) is 13.1. The van der Waals surface area contributed by atoms with Gasteiger partial charge in [0.1, 0.15) is 0 Å². The van der Waals surface area contributed by atoms with Crippen molar-refractivity contribution in [2.75, 3.05) is 5.32 Å². The van der Waals surface area contributed by atoms with Gasteiger partial charge in [0.15, 0.2) is 0 Å². The summed E-state index contributed by atoms with van der Waals surface area (Å²) in [6, 6.07) is 18.7. The van der Waals surface area contributed by atoms with Gasteiger partial charge < -0.3 is 11.1 Å². The molecule has 30 heavy (non-hydrogen) atoms. The molecule has 0 radical (unpaired) electrons. The molecule has 1 aromatic heterocycles. The van der Waals surface area contributed by atoms with Crippen LogP contribution in [0.4, 0.5) is 5.69 Å². The molecular weight excluding hydrogens is 394 g/mol. The van der Waals surface area contributed by atoms with Gasteiger partial charge in [-0.05, 0) is 59.7 Å². The monoisotopic (exact) mass is 421 g/mol. The van der Waals surface area contributed by atoms with Crippen LogP contribution >= 0.6 is 11.3 Å². The standard InChI is InChI=1S/C24H27N3O2S/c1-15(2)17-6-8-18(9-7-17)22(21-5-4-14-30-21)26-16(3)24(29)27-20-12-10-19(11-13-20)23(25)28/h4-16,22,26H,1-3H3,(H2,25,28)(H,27,29)/t16-,22-/m0/s1. The largest absolute Gasteiger partial charge is 0.366 e. The van der Waals surface area contributed by atoms with Crippen molar-refractivity contribution in [3.05, 3.63) is 87.6 Å². The first kappa shape index (κ1) is 21.7. The van der Waals surface area contributed by atoms with Gasteiger partial charge in [-0.3, -0.25) is 14.9 Å². The molecule has 0 spiro atoms. The Balaban J connectivity index is 1.73. The molecule has 0 fully saturated rings. The Bertz CT molecular complexity index is 980. The predicted molar refractivity (Wildman–Crippen MR) is 123 cm³/mol. The molecule has 4 N–H and O–H groups in total. The van der Waals surface area contributed by atoms with E-state index in [9.17, 15) is 9.59 Å². The molecule has 0 saturated heterocycles. The van der Waals surface area contributed by atoms with E-state index in [-0.39, 0.29) is 11.9 Å². The highest BCUT2D eigenvalue weighted by atomic mass is 32.1. The van der Waals surface area contributed by atoms with Gasteiger partial charge in [-0.2, -0.15) is 0 Å². The van der Waals surface area contributed by atoms with E-state index < -0.39 is 11.9 Å². The zero-order valence-corrected chi connectivity index (χ0v) is 18.2. The number of amides is 2. The quantitative estimate of drug-likeness (QED) is 0.494. The van der Waals surface area contributed by atoms with Gasteiger partial charge in [0, 0.05) is 16.1 Å². The number of hydrogen-bond acceptors (Lipinski definition) is 4. The lowest BCUT2D eigenvalue weighted by molar-refractivity contribution is -0.117. The molecule has 1 heterocycles. The van der Waals surface area contributed by atoms with E-state index in [2.05, 4.69) is 54.8 Å². The molecule has 0 aliphatic rings. The van der Waals surface area contributed by atoms with Crippen LogP contribution in [-0.4, -0.2) is 17.9 Å². The summed E-state index contributed by atoms with van der Waals surface area (Å²) in [7, 11) is 0. The van der Waals surface area contributed by atoms with Crippen LogP contribution in [0.25, 0.3) is 0 Å². The minimum absolute atomic E-state index is 0.0794. The number of hydrogen-bond donors (Lipinski definition) is 3. The maximum absolute atomic E-state index is 12.7. The van der Waals surface area contributed by atoms with E-state index in [1.54, 1.807) is 35.6 Å². The van der Waals surface area contributed by atoms with Crippen molar-refractivity contribution in [1.29, 1.82) is 0 Å². The molecule has 2 amide bonds. The minimum Gasteiger partial charge on any atom is -0.366 e. The lowest BCUT2D eigenvalue weighted by Crippen LogP contribution is -2.40. The Hall–Kier alpha value is -2.96. The van der Waals surface area contributed by atoms with Crippen molar-refractivity contribution >= 4 is 28.8 Å². The Morgan fingerprint density at radius 2 is 1.53 bits per heavy atom. The summed E-state index contributed by atoms with van der Waals surface area (Å²) < 4.78 is 0. The lowest BCUT2D eigenvalue weighted by atomic mass is 9.98. The minimum atomic E-state index is -0.495. The summed E-state index contributed by atoms with van der Waals surface area (Å²) in [6.45, 7) is 6.19. The summed E-state index contributed by atoms with van der Waals surface area (Å²) in [5, 5.41) is 8.38. The van der Waals surface area contributed by atoms with E-state index >= 15 is 0 Å². The van der Waals surface area contributed by atoms with E-state index in [0.717, 1.165) is 10.4 Å². The van der Waals surface area contributed by atoms with Gasteiger partial charge in [-0.15, -0.1) is 11.3 Å². The Labute approximate surface area is 181 Å². The van der Waals surface area contributed by atoms with Crippen LogP contribution in [-0.2, 0) is 4.79 Å². The van der Waals surface area contributed by atoms with Crippen molar-refractivity contribution in [2.24, 2.45) is 5.73 Å². The molecule has 156 valence electrons. The van der Waals surface area contributed by atoms with Crippen molar-refractivity contribution in [2.45, 2.75) is 38.8 Å². The number of carbonyl (C=O) groups is 2. The van der Waals surface area contributed by atoms with E-state index in [0.29, 0.717) is 17.2 Å². The molecule has 3 rings (SSSR count). The molecule has 0 bridgehead atoms. The van der Waals surface area contributed by atoms with E-state index in [4.69, 9.17) is 5.73 Å². The highest BCUT2D eigenvalue weighted by molar-refractivity contribution is 7.10. The van der Waals surface area contributed by atoms with Crippen molar-refractivity contribution in [3.63, 3.8) is 0 Å². The average Bonchev–Trinajstić information content (AvgIpc) is 3.26. The maximum Gasteiger partial charge on any atom is 0.248 e. The molecule has 5 nitrogen and oxygen atoms in total. The van der Waals surface area contributed by atoms with E-state index in [1.165, 1.54) is 5.56 Å². The van der Waals surface area contributed by atoms with Crippen molar-refractivity contribution < 1.29 is 9.59 Å². The third kappa shape index (κ3) is 5.34. The molecule has 6 heteroatoms. The molecule has 0 saturated carbocycles. The van der Waals surface area contributed by atoms with Gasteiger partial charge in [0.25, 0.3) is 0 Å². The molecule has 0 unspecified atom stereocenters. The Morgan fingerprint density at radius 3 is 2.07 bits per heavy atom. The molecule has 2 atom stereocenters. The topological polar surface area (TPSA) is 84.2 Å². The summed E-state index contributed by atoms with van der Waals surface area (Å²) in [6.07, 6.45) is 0. The van der Waals surface area contributed by atoms with Crippen LogP contribution in [0, 0.1) is 0 Å². The molecule has 2 aromatic carbocycles. The highest BCUT2D eigenvalue weighted by Gasteiger charge is 2.22. The summed E-state index contributed by atoms with van der Waals surface area (Å²) in [4.78, 5) is 25.1. The first-order valence-electron chi connectivity index (χ1n) is 9.95. The van der Waals surface area contributed by atoms with Crippen LogP contribution < -0.4 is 16.4 Å². The summed E-state index contributed by atoms with van der Waals surface area (Å²) in [5.41, 5.74) is 8.69. The fourth-order valence-corrected chi connectivity index (χ4v) is 3.98. The number of thiophene rings is 1. The zero-order chi connectivity index (χ0) is 21.7. The molecule has 3 aromatic rings. The SMILES string of the molecule is CC(C)c1ccc([C@H](N[C@@H](C)C(=O)Nc2ccc(C(N)=O)cc2)c2cccs2)cc1. The lowest BCUT2D eigenvalue weighted by Gasteiger charge is -2.23. The number of benzene rings is 2. The van der Waals surface area contributed by atoms with Crippen molar-refractivity contribution in [1.82, 2.24) is 5.32 Å². The van der Waals surface area contributed by atoms with Crippen LogP contribution in [0.2, 0.25) is 0 Å². The number of nitrogens with one attached hydrogen (secondary N) is 2. The zero-order valence-electron chi connectivity index (χ0n) is 17.4. The van der Waals surface area contributed by atoms with Gasteiger partial charge in [0.2, 0.25) is 11.8 Å². The van der Waals surface area contributed by atoms with Gasteiger partial charge in [0.05, 0.1) is 12.1 Å². The summed E-state index contributed by atoms with van der Waals surface area (Å²) in [5.74, 6) is -0.176. The Kier molecular flexibility index (Phi) is 7.03. The number of nitrogens with two attached hydrogens (primary N) is 1. The van der Waals surface area contributed by atoms with E-state index in [1.807, 2.05) is 18.4 Å². The van der Waals surface area contributed by atoms with Crippen LogP contribution in [0.3, 0.4) is 0 Å². The smallest absolute Gasteiger partial charge is 0.248 e. The number of primary amides is 1. The number of rotatable bonds is 8. The maximum atomic E-state index is 12.7. The third-order valence-corrected chi connectivity index (χ3v) is 5.95. The fourth-order valence-electron chi connectivity index (χ4n) is 3.17. The van der Waals surface area contributed by atoms with Gasteiger partial charge in [-0.25, -0.2) is 0 Å². The van der Waals surface area contributed by atoms with Crippen molar-refractivity contribution in [3.8, 4) is 0 Å².